The average Bonchev–Trinajstić information content (AvgIpc) is 2.71. The van der Waals surface area contributed by atoms with Gasteiger partial charge >= 0.3 is 6.09 Å². The van der Waals surface area contributed by atoms with Crippen LogP contribution in [-0.2, 0) is 16.0 Å². The molecule has 144 valence electrons. The van der Waals surface area contributed by atoms with Crippen LogP contribution in [0, 0.1) is 0 Å². The molecule has 0 unspecified atom stereocenters. The van der Waals surface area contributed by atoms with Gasteiger partial charge in [0.15, 0.2) is 0 Å². The third kappa shape index (κ3) is 4.45. The monoisotopic (exact) mass is 372 g/mol. The number of methoxy groups -OCH3 is 1. The first kappa shape index (κ1) is 18.9. The summed E-state index contributed by atoms with van der Waals surface area (Å²) in [5, 5.41) is 0. The molecule has 0 bridgehead atoms. The molecule has 2 heterocycles. The Balaban J connectivity index is 1.58. The van der Waals surface area contributed by atoms with Crippen molar-refractivity contribution in [3.05, 3.63) is 30.0 Å². The van der Waals surface area contributed by atoms with E-state index in [0.717, 1.165) is 11.0 Å². The second-order valence-corrected chi connectivity index (χ2v) is 6.24. The lowest BCUT2D eigenvalue weighted by molar-refractivity contribution is -0.132. The summed E-state index contributed by atoms with van der Waals surface area (Å²) < 4.78 is 10.3. The lowest BCUT2D eigenvalue weighted by Crippen LogP contribution is -2.50. The van der Waals surface area contributed by atoms with E-state index in [9.17, 15) is 9.59 Å². The normalized spacial score (nSPS) is 14.3. The summed E-state index contributed by atoms with van der Waals surface area (Å²) >= 11 is 0. The molecule has 0 N–H and O–H groups in total. The van der Waals surface area contributed by atoms with E-state index in [0.29, 0.717) is 57.2 Å². The summed E-state index contributed by atoms with van der Waals surface area (Å²) in [5.41, 5.74) is 2.22. The van der Waals surface area contributed by atoms with Crippen molar-refractivity contribution < 1.29 is 19.1 Å². The molecule has 27 heavy (non-hydrogen) atoms. The minimum absolute atomic E-state index is 0.0375. The molecule has 1 aliphatic rings. The average molecular weight is 372 g/mol. The molecular formula is C19H24N4O4. The Kier molecular flexibility index (Phi) is 6.05. The van der Waals surface area contributed by atoms with Gasteiger partial charge in [0.05, 0.1) is 24.8 Å². The maximum atomic E-state index is 12.5. The van der Waals surface area contributed by atoms with Crippen molar-refractivity contribution in [3.63, 3.8) is 0 Å². The van der Waals surface area contributed by atoms with Gasteiger partial charge in [0.2, 0.25) is 11.8 Å². The maximum absolute atomic E-state index is 12.5. The zero-order chi connectivity index (χ0) is 19.2. The van der Waals surface area contributed by atoms with Crippen LogP contribution in [0.1, 0.15) is 19.0 Å². The second-order valence-electron chi connectivity index (χ2n) is 6.24. The fourth-order valence-corrected chi connectivity index (χ4v) is 3.08. The molecule has 3 rings (SSSR count). The first-order chi connectivity index (χ1) is 13.1. The molecule has 0 spiro atoms. The number of amides is 2. The molecule has 1 aromatic heterocycles. The second kappa shape index (κ2) is 8.66. The number of para-hydroxylation sites is 2. The van der Waals surface area contributed by atoms with Crippen LogP contribution in [0.3, 0.4) is 0 Å². The van der Waals surface area contributed by atoms with Crippen molar-refractivity contribution in [3.8, 4) is 5.88 Å². The van der Waals surface area contributed by atoms with Crippen molar-refractivity contribution in [2.75, 3.05) is 39.9 Å². The molecular weight excluding hydrogens is 348 g/mol. The van der Waals surface area contributed by atoms with Gasteiger partial charge in [-0.25, -0.2) is 14.8 Å². The van der Waals surface area contributed by atoms with Gasteiger partial charge < -0.3 is 19.3 Å². The highest BCUT2D eigenvalue weighted by Gasteiger charge is 2.25. The van der Waals surface area contributed by atoms with Crippen LogP contribution in [0.5, 0.6) is 5.88 Å². The van der Waals surface area contributed by atoms with E-state index in [2.05, 4.69) is 9.97 Å². The molecule has 2 aromatic rings. The number of carbonyl (C=O) groups is 2. The van der Waals surface area contributed by atoms with Crippen LogP contribution in [0.15, 0.2) is 24.3 Å². The van der Waals surface area contributed by atoms with E-state index in [1.54, 1.807) is 23.8 Å². The lowest BCUT2D eigenvalue weighted by Gasteiger charge is -2.34. The number of piperazine rings is 1. The Morgan fingerprint density at radius 2 is 1.67 bits per heavy atom. The molecule has 0 atom stereocenters. The lowest BCUT2D eigenvalue weighted by atomic mass is 10.2. The number of fused-ring (bicyclic) bond motifs is 1. The van der Waals surface area contributed by atoms with Crippen LogP contribution in [0.25, 0.3) is 11.0 Å². The van der Waals surface area contributed by atoms with E-state index < -0.39 is 0 Å². The fourth-order valence-electron chi connectivity index (χ4n) is 3.08. The predicted molar refractivity (Wildman–Crippen MR) is 99.6 cm³/mol. The summed E-state index contributed by atoms with van der Waals surface area (Å²) in [5.74, 6) is 0.490. The van der Waals surface area contributed by atoms with Crippen molar-refractivity contribution >= 4 is 23.0 Å². The highest BCUT2D eigenvalue weighted by Crippen LogP contribution is 2.20. The van der Waals surface area contributed by atoms with E-state index in [-0.39, 0.29) is 12.0 Å². The number of hydrogen-bond acceptors (Lipinski definition) is 6. The zero-order valence-electron chi connectivity index (χ0n) is 15.7. The molecule has 1 saturated heterocycles. The molecule has 0 radical (unpaired) electrons. The van der Waals surface area contributed by atoms with Crippen molar-refractivity contribution in [1.29, 1.82) is 0 Å². The molecule has 0 aliphatic carbocycles. The molecule has 8 nitrogen and oxygen atoms in total. The third-order valence-electron chi connectivity index (χ3n) is 4.53. The van der Waals surface area contributed by atoms with Gasteiger partial charge in [0.1, 0.15) is 5.69 Å². The van der Waals surface area contributed by atoms with Gasteiger partial charge in [-0.1, -0.05) is 12.1 Å². The largest absolute Gasteiger partial charge is 0.480 e. The number of ether oxygens (including phenoxy) is 2. The highest BCUT2D eigenvalue weighted by molar-refractivity contribution is 5.78. The summed E-state index contributed by atoms with van der Waals surface area (Å²) in [7, 11) is 1.55. The highest BCUT2D eigenvalue weighted by atomic mass is 16.6. The smallest absolute Gasteiger partial charge is 0.409 e. The van der Waals surface area contributed by atoms with E-state index in [1.165, 1.54) is 0 Å². The van der Waals surface area contributed by atoms with Gasteiger partial charge in [-0.2, -0.15) is 0 Å². The Labute approximate surface area is 158 Å². The van der Waals surface area contributed by atoms with Gasteiger partial charge in [0, 0.05) is 39.0 Å². The van der Waals surface area contributed by atoms with Crippen molar-refractivity contribution in [2.45, 2.75) is 19.8 Å². The van der Waals surface area contributed by atoms with Gasteiger partial charge in [-0.3, -0.25) is 4.79 Å². The Hall–Kier alpha value is -2.90. The van der Waals surface area contributed by atoms with Gasteiger partial charge in [-0.15, -0.1) is 0 Å². The molecule has 2 amide bonds. The standard InChI is InChI=1S/C19H24N4O4/c1-3-27-19(25)23-12-10-22(11-13-23)17(24)9-8-16-18(26-2)21-15-7-5-4-6-14(15)20-16/h4-7H,3,8-13H2,1-2H3. The van der Waals surface area contributed by atoms with E-state index >= 15 is 0 Å². The van der Waals surface area contributed by atoms with Crippen LogP contribution < -0.4 is 4.74 Å². The van der Waals surface area contributed by atoms with Crippen LogP contribution in [0.4, 0.5) is 4.79 Å². The van der Waals surface area contributed by atoms with Crippen molar-refractivity contribution in [1.82, 2.24) is 19.8 Å². The topological polar surface area (TPSA) is 84.9 Å². The van der Waals surface area contributed by atoms with E-state index in [4.69, 9.17) is 9.47 Å². The number of rotatable bonds is 5. The fraction of sp³-hybridized carbons (Fsp3) is 0.474. The zero-order valence-corrected chi connectivity index (χ0v) is 15.7. The van der Waals surface area contributed by atoms with Gasteiger partial charge in [-0.05, 0) is 19.1 Å². The Bertz CT molecular complexity index is 818. The minimum Gasteiger partial charge on any atom is -0.480 e. The first-order valence-electron chi connectivity index (χ1n) is 9.11. The molecule has 0 saturated carbocycles. The number of hydrogen-bond donors (Lipinski definition) is 0. The third-order valence-corrected chi connectivity index (χ3v) is 4.53. The summed E-state index contributed by atoms with van der Waals surface area (Å²) in [4.78, 5) is 36.7. The quantitative estimate of drug-likeness (QED) is 0.797. The van der Waals surface area contributed by atoms with Crippen LogP contribution in [0.2, 0.25) is 0 Å². The summed E-state index contributed by atoms with van der Waals surface area (Å²) in [6.07, 6.45) is 0.460. The molecule has 1 aliphatic heterocycles. The van der Waals surface area contributed by atoms with Gasteiger partial charge in [0.25, 0.3) is 0 Å². The maximum Gasteiger partial charge on any atom is 0.409 e. The van der Waals surface area contributed by atoms with Crippen LogP contribution >= 0.6 is 0 Å². The minimum atomic E-state index is -0.319. The van der Waals surface area contributed by atoms with Crippen molar-refractivity contribution in [2.24, 2.45) is 0 Å². The SMILES string of the molecule is CCOC(=O)N1CCN(C(=O)CCc2nc3ccccc3nc2OC)CC1. The Morgan fingerprint density at radius 1 is 1.04 bits per heavy atom. The number of aromatic nitrogens is 2. The Morgan fingerprint density at radius 3 is 2.30 bits per heavy atom. The molecule has 8 heteroatoms. The van der Waals surface area contributed by atoms with E-state index in [1.807, 2.05) is 24.3 Å². The molecule has 1 fully saturated rings. The number of benzene rings is 1. The summed E-state index contributed by atoms with van der Waals surface area (Å²) in [6, 6.07) is 7.57. The summed E-state index contributed by atoms with van der Waals surface area (Å²) in [6.45, 7) is 4.14. The first-order valence-corrected chi connectivity index (χ1v) is 9.11. The number of carbonyl (C=O) groups excluding carboxylic acids is 2. The number of aryl methyl sites for hydroxylation is 1. The van der Waals surface area contributed by atoms with Crippen LogP contribution in [-0.4, -0.2) is 71.7 Å². The predicted octanol–water partition coefficient (Wildman–Crippen LogP) is 1.87. The molecule has 1 aromatic carbocycles. The number of nitrogens with zero attached hydrogens (tertiary/aromatic N) is 4.